The molecule has 0 spiro atoms. The number of amides is 1. The quantitative estimate of drug-likeness (QED) is 0.369. The van der Waals surface area contributed by atoms with Gasteiger partial charge < -0.3 is 31.3 Å². The lowest BCUT2D eigenvalue weighted by Gasteiger charge is -2.44. The van der Waals surface area contributed by atoms with Crippen LogP contribution in [0.3, 0.4) is 0 Å². The molecule has 134 valence electrons. The van der Waals surface area contributed by atoms with E-state index in [4.69, 9.17) is 5.73 Å². The maximum absolute atomic E-state index is 12.2. The van der Waals surface area contributed by atoms with Crippen molar-refractivity contribution in [1.29, 1.82) is 0 Å². The number of aliphatic hydroxyl groups excluding tert-OH is 2. The second kappa shape index (κ2) is 6.64. The Balaban J connectivity index is 1.72. The largest absolute Gasteiger partial charge is 0.477 e. The van der Waals surface area contributed by atoms with Gasteiger partial charge in [-0.1, -0.05) is 0 Å². The Morgan fingerprint density at radius 1 is 1.50 bits per heavy atom. The van der Waals surface area contributed by atoms with Gasteiger partial charge in [-0.3, -0.25) is 4.79 Å². The number of carbonyl (C=O) groups is 2. The van der Waals surface area contributed by atoms with Gasteiger partial charge in [-0.2, -0.15) is 0 Å². The second-order valence-electron chi connectivity index (χ2n) is 6.62. The molecule has 3 aliphatic heterocycles. The van der Waals surface area contributed by atoms with Crippen LogP contribution in [0.1, 0.15) is 19.8 Å². The van der Waals surface area contributed by atoms with E-state index in [1.165, 1.54) is 16.7 Å². The van der Waals surface area contributed by atoms with Gasteiger partial charge in [0.2, 0.25) is 5.91 Å². The smallest absolute Gasteiger partial charge is 0.353 e. The molecule has 8 nitrogen and oxygen atoms in total. The summed E-state index contributed by atoms with van der Waals surface area (Å²) < 4.78 is 0. The van der Waals surface area contributed by atoms with Crippen LogP contribution >= 0.6 is 11.8 Å². The van der Waals surface area contributed by atoms with Crippen molar-refractivity contribution in [3.8, 4) is 0 Å². The second-order valence-corrected chi connectivity index (χ2v) is 8.01. The summed E-state index contributed by atoms with van der Waals surface area (Å²) in [5.41, 5.74) is 5.53. The Hall–Kier alpha value is -1.13. The van der Waals surface area contributed by atoms with Gasteiger partial charge in [-0.05, 0) is 13.3 Å². The average molecular weight is 357 g/mol. The third kappa shape index (κ3) is 2.84. The molecule has 6 N–H and O–H groups in total. The fourth-order valence-electron chi connectivity index (χ4n) is 3.82. The Morgan fingerprint density at radius 3 is 2.79 bits per heavy atom. The number of hydrogen-bond acceptors (Lipinski definition) is 7. The molecule has 2 fully saturated rings. The highest BCUT2D eigenvalue weighted by Gasteiger charge is 2.57. The molecule has 0 aromatic heterocycles. The van der Waals surface area contributed by atoms with E-state index in [-0.39, 0.29) is 35.5 Å². The number of nitrogens with zero attached hydrogens (tertiary/aromatic N) is 1. The zero-order valence-corrected chi connectivity index (χ0v) is 14.2. The van der Waals surface area contributed by atoms with E-state index < -0.39 is 24.1 Å². The number of carbonyl (C=O) groups excluding carboxylic acids is 1. The molecule has 1 amide bonds. The normalized spacial score (nSPS) is 35.0. The Kier molecular flexibility index (Phi) is 4.89. The first-order valence-corrected chi connectivity index (χ1v) is 8.98. The van der Waals surface area contributed by atoms with Crippen molar-refractivity contribution in [2.75, 3.05) is 13.1 Å². The molecule has 3 rings (SSSR count). The molecule has 0 bridgehead atoms. The highest BCUT2D eigenvalue weighted by Crippen LogP contribution is 2.48. The van der Waals surface area contributed by atoms with E-state index in [1.54, 1.807) is 6.92 Å². The minimum absolute atomic E-state index is 0.0507. The summed E-state index contributed by atoms with van der Waals surface area (Å²) in [6.07, 6.45) is -0.241. The molecule has 3 aliphatic rings. The fraction of sp³-hybridized carbons (Fsp3) is 0.733. The van der Waals surface area contributed by atoms with Gasteiger partial charge in [0.25, 0.3) is 0 Å². The van der Waals surface area contributed by atoms with Gasteiger partial charge in [-0.15, -0.1) is 11.8 Å². The van der Waals surface area contributed by atoms with Gasteiger partial charge in [-0.25, -0.2) is 4.79 Å². The van der Waals surface area contributed by atoms with Crippen molar-refractivity contribution in [2.45, 2.75) is 49.3 Å². The molecule has 0 aromatic rings. The van der Waals surface area contributed by atoms with Crippen molar-refractivity contribution >= 4 is 23.6 Å². The lowest BCUT2D eigenvalue weighted by Crippen LogP contribution is -2.61. The third-order valence-electron chi connectivity index (χ3n) is 5.03. The number of β-lactam (4-membered cyclic amide) rings is 1. The van der Waals surface area contributed by atoms with Gasteiger partial charge in [0.15, 0.2) is 0 Å². The Bertz CT molecular complexity index is 581. The summed E-state index contributed by atoms with van der Waals surface area (Å²) in [5, 5.41) is 32.4. The number of hydrogen-bond donors (Lipinski definition) is 5. The molecule has 0 aliphatic carbocycles. The summed E-state index contributed by atoms with van der Waals surface area (Å²) in [5.74, 6) is -1.95. The predicted molar refractivity (Wildman–Crippen MR) is 87.9 cm³/mol. The maximum Gasteiger partial charge on any atom is 0.353 e. The van der Waals surface area contributed by atoms with Crippen molar-refractivity contribution in [3.63, 3.8) is 0 Å². The van der Waals surface area contributed by atoms with Crippen LogP contribution in [-0.2, 0) is 9.59 Å². The van der Waals surface area contributed by atoms with Crippen LogP contribution in [0.4, 0.5) is 0 Å². The standard InChI is InChI=1S/C15H23N3O5S/c1-6(19)12-9-3-11(13(15(22)23)18(9)14(12)21)24-7-2-8(17-5-7)10(20)4-16/h6-10,12,17,19-20H,2-5,16H2,1H3,(H,22,23)/t6-,7+,8+,9-,10?,12-/m1/s1. The van der Waals surface area contributed by atoms with Crippen LogP contribution in [0, 0.1) is 5.92 Å². The molecule has 0 radical (unpaired) electrons. The molecule has 24 heavy (non-hydrogen) atoms. The number of aliphatic hydroxyl groups is 2. The summed E-state index contributed by atoms with van der Waals surface area (Å²) in [7, 11) is 0. The van der Waals surface area contributed by atoms with Crippen LogP contribution in [-0.4, -0.2) is 74.7 Å². The zero-order valence-electron chi connectivity index (χ0n) is 13.4. The first kappa shape index (κ1) is 17.7. The van der Waals surface area contributed by atoms with E-state index in [2.05, 4.69) is 5.32 Å². The summed E-state index contributed by atoms with van der Waals surface area (Å²) in [6.45, 7) is 2.39. The molecular weight excluding hydrogens is 334 g/mol. The number of nitrogens with one attached hydrogen (secondary N) is 1. The summed E-state index contributed by atoms with van der Waals surface area (Å²) in [4.78, 5) is 25.8. The van der Waals surface area contributed by atoms with E-state index >= 15 is 0 Å². The lowest BCUT2D eigenvalue weighted by molar-refractivity contribution is -0.161. The number of carboxylic acid groups (broad SMARTS) is 1. The predicted octanol–water partition coefficient (Wildman–Crippen LogP) is -1.32. The topological polar surface area (TPSA) is 136 Å². The first-order chi connectivity index (χ1) is 11.3. The number of rotatable bonds is 6. The Morgan fingerprint density at radius 2 is 2.21 bits per heavy atom. The minimum atomic E-state index is -1.11. The van der Waals surface area contributed by atoms with Gasteiger partial charge in [0.1, 0.15) is 5.70 Å². The highest BCUT2D eigenvalue weighted by atomic mass is 32.2. The van der Waals surface area contributed by atoms with Crippen molar-refractivity contribution in [1.82, 2.24) is 10.2 Å². The minimum Gasteiger partial charge on any atom is -0.477 e. The first-order valence-electron chi connectivity index (χ1n) is 8.10. The molecular formula is C15H23N3O5S. The summed E-state index contributed by atoms with van der Waals surface area (Å²) >= 11 is 1.46. The molecule has 0 saturated carbocycles. The van der Waals surface area contributed by atoms with Crippen LogP contribution < -0.4 is 11.1 Å². The summed E-state index contributed by atoms with van der Waals surface area (Å²) in [6, 6.07) is -0.349. The third-order valence-corrected chi connectivity index (χ3v) is 6.37. The van der Waals surface area contributed by atoms with Crippen molar-refractivity contribution in [2.24, 2.45) is 11.7 Å². The van der Waals surface area contributed by atoms with Crippen molar-refractivity contribution < 1.29 is 24.9 Å². The number of thioether (sulfide) groups is 1. The van der Waals surface area contributed by atoms with Gasteiger partial charge in [0, 0.05) is 35.7 Å². The molecule has 2 saturated heterocycles. The number of fused-ring (bicyclic) bond motifs is 1. The Labute approximate surface area is 144 Å². The molecule has 1 unspecified atom stereocenters. The van der Waals surface area contributed by atoms with Crippen molar-refractivity contribution in [3.05, 3.63) is 10.6 Å². The molecule has 6 atom stereocenters. The number of carboxylic acids is 1. The lowest BCUT2D eigenvalue weighted by atomic mass is 9.83. The maximum atomic E-state index is 12.2. The number of nitrogens with two attached hydrogens (primary N) is 1. The SMILES string of the molecule is C[C@@H](O)[C@H]1C(=O)N2C(C(=O)O)=C(S[C@@H]3CN[C@H](C(O)CN)C3)C[C@H]12. The van der Waals surface area contributed by atoms with E-state index in [1.807, 2.05) is 0 Å². The van der Waals surface area contributed by atoms with Gasteiger partial charge >= 0.3 is 5.97 Å². The van der Waals surface area contributed by atoms with E-state index in [9.17, 15) is 24.9 Å². The van der Waals surface area contributed by atoms with E-state index in [0.29, 0.717) is 24.3 Å². The van der Waals surface area contributed by atoms with Gasteiger partial charge in [0.05, 0.1) is 24.2 Å². The molecule has 3 heterocycles. The highest BCUT2D eigenvalue weighted by molar-refractivity contribution is 8.03. The van der Waals surface area contributed by atoms with Crippen LogP contribution in [0.5, 0.6) is 0 Å². The molecule has 9 heteroatoms. The average Bonchev–Trinajstić information content (AvgIpc) is 3.09. The van der Waals surface area contributed by atoms with Crippen LogP contribution in [0.25, 0.3) is 0 Å². The van der Waals surface area contributed by atoms with E-state index in [0.717, 1.165) is 0 Å². The van der Waals surface area contributed by atoms with Crippen LogP contribution in [0.2, 0.25) is 0 Å². The zero-order chi connectivity index (χ0) is 17.6. The van der Waals surface area contributed by atoms with Crippen LogP contribution in [0.15, 0.2) is 10.6 Å². The fourth-order valence-corrected chi connectivity index (χ4v) is 5.27. The molecule has 0 aromatic carbocycles. The monoisotopic (exact) mass is 357 g/mol. The number of aliphatic carboxylic acids is 1.